The topological polar surface area (TPSA) is 131 Å². The monoisotopic (exact) mass is 832 g/mol. The van der Waals surface area contributed by atoms with Crippen LogP contribution in [0.4, 0.5) is 16.2 Å². The lowest BCUT2D eigenvalue weighted by atomic mass is 9.79. The Morgan fingerprint density at radius 2 is 1.52 bits per heavy atom. The highest BCUT2D eigenvalue weighted by Crippen LogP contribution is 2.50. The molecule has 2 aromatic heterocycles. The van der Waals surface area contributed by atoms with Gasteiger partial charge in [-0.05, 0) is 59.1 Å². The zero-order chi connectivity index (χ0) is 42.0. The van der Waals surface area contributed by atoms with Crippen LogP contribution in [0.25, 0.3) is 11.2 Å². The third-order valence-corrected chi connectivity index (χ3v) is 16.2. The molecule has 6 rings (SSSR count). The molecule has 12 nitrogen and oxygen atoms in total. The standard InChI is InChI=1S/C43H54ClFN6O6Si/c1-27(2)38(52)50-40-48-36(46-6)34-37(49-40)51(26-47-34)39-33(45)35(57-58(9,10)41(3,4)5)42(24-44,56-39)25-55-43(28-14-12-11-13-15-28,29-16-20-31(53-7)21-17-29)30-18-22-32(54-8)23-19-30/h11-23,26-27,33,35,39H,24-25H2,1-10H3,(H2,46,48,49,50,52)/t33-,35-,39+,42?/m0/s1. The first kappa shape index (κ1) is 43.0. The number of rotatable bonds is 15. The molecule has 1 aliphatic heterocycles. The Balaban J connectivity index is 1.52. The molecule has 3 aromatic carbocycles. The summed E-state index contributed by atoms with van der Waals surface area (Å²) in [4.78, 5) is 26.4. The van der Waals surface area contributed by atoms with Crippen molar-refractivity contribution < 1.29 is 32.6 Å². The molecule has 1 amide bonds. The fraction of sp³-hybridized carbons (Fsp3) is 0.442. The third-order valence-electron chi connectivity index (χ3n) is 11.3. The van der Waals surface area contributed by atoms with Crippen molar-refractivity contribution >= 4 is 48.8 Å². The van der Waals surface area contributed by atoms with E-state index in [0.717, 1.165) is 16.7 Å². The smallest absolute Gasteiger partial charge is 0.233 e. The van der Waals surface area contributed by atoms with E-state index < -0.39 is 38.0 Å². The second-order valence-electron chi connectivity index (χ2n) is 16.4. The third kappa shape index (κ3) is 8.04. The number of nitrogens with one attached hydrogen (secondary N) is 2. The molecule has 5 aromatic rings. The van der Waals surface area contributed by atoms with Crippen LogP contribution in [0.5, 0.6) is 11.5 Å². The van der Waals surface area contributed by atoms with E-state index in [9.17, 15) is 4.79 Å². The normalized spacial score (nSPS) is 20.1. The Morgan fingerprint density at radius 1 is 0.948 bits per heavy atom. The van der Waals surface area contributed by atoms with Crippen LogP contribution in [0.3, 0.4) is 0 Å². The van der Waals surface area contributed by atoms with Gasteiger partial charge >= 0.3 is 0 Å². The maximum atomic E-state index is 17.8. The van der Waals surface area contributed by atoms with E-state index in [-0.39, 0.29) is 40.9 Å². The Bertz CT molecular complexity index is 2140. The van der Waals surface area contributed by atoms with E-state index in [1.54, 1.807) is 35.1 Å². The minimum atomic E-state index is -2.70. The number of amides is 1. The predicted molar refractivity (Wildman–Crippen MR) is 227 cm³/mol. The van der Waals surface area contributed by atoms with Gasteiger partial charge in [0.2, 0.25) is 11.9 Å². The second kappa shape index (κ2) is 16.9. The summed E-state index contributed by atoms with van der Waals surface area (Å²) < 4.78 is 51.6. The number of fused-ring (bicyclic) bond motifs is 1. The summed E-state index contributed by atoms with van der Waals surface area (Å²) in [7, 11) is 2.22. The molecular formula is C43H54ClFN6O6Si. The van der Waals surface area contributed by atoms with Crippen molar-refractivity contribution in [1.82, 2.24) is 19.5 Å². The van der Waals surface area contributed by atoms with Gasteiger partial charge in [0, 0.05) is 13.0 Å². The number of hydrogen-bond acceptors (Lipinski definition) is 10. The van der Waals surface area contributed by atoms with Crippen LogP contribution in [0.1, 0.15) is 57.5 Å². The predicted octanol–water partition coefficient (Wildman–Crippen LogP) is 8.72. The second-order valence-corrected chi connectivity index (χ2v) is 21.4. The summed E-state index contributed by atoms with van der Waals surface area (Å²) in [5, 5.41) is 5.49. The number of nitrogens with zero attached hydrogens (tertiary/aromatic N) is 4. The average Bonchev–Trinajstić information content (AvgIpc) is 3.76. The lowest BCUT2D eigenvalue weighted by molar-refractivity contribution is -0.146. The highest BCUT2D eigenvalue weighted by molar-refractivity contribution is 6.74. The van der Waals surface area contributed by atoms with E-state index in [1.807, 2.05) is 78.9 Å². The summed E-state index contributed by atoms with van der Waals surface area (Å²) >= 11 is 7.04. The molecule has 1 saturated heterocycles. The van der Waals surface area contributed by atoms with Gasteiger partial charge in [0.05, 0.1) is 33.0 Å². The molecule has 2 N–H and O–H groups in total. The van der Waals surface area contributed by atoms with Crippen molar-refractivity contribution in [3.05, 3.63) is 102 Å². The first-order valence-corrected chi connectivity index (χ1v) is 22.8. The van der Waals surface area contributed by atoms with Crippen LogP contribution in [0, 0.1) is 5.92 Å². The quantitative estimate of drug-likeness (QED) is 0.0600. The van der Waals surface area contributed by atoms with Gasteiger partial charge in [-0.1, -0.05) is 89.2 Å². The number of anilines is 2. The zero-order valence-corrected chi connectivity index (χ0v) is 36.6. The van der Waals surface area contributed by atoms with Gasteiger partial charge < -0.3 is 28.7 Å². The number of alkyl halides is 2. The minimum Gasteiger partial charge on any atom is -0.497 e. The maximum Gasteiger partial charge on any atom is 0.233 e. The van der Waals surface area contributed by atoms with Gasteiger partial charge in [-0.2, -0.15) is 9.97 Å². The van der Waals surface area contributed by atoms with Crippen molar-refractivity contribution in [2.75, 3.05) is 44.4 Å². The lowest BCUT2D eigenvalue weighted by Crippen LogP contribution is -2.56. The van der Waals surface area contributed by atoms with Gasteiger partial charge in [0.1, 0.15) is 28.8 Å². The molecule has 15 heteroatoms. The molecular weight excluding hydrogens is 779 g/mol. The molecule has 1 fully saturated rings. The van der Waals surface area contributed by atoms with Crippen molar-refractivity contribution in [2.24, 2.45) is 5.92 Å². The highest BCUT2D eigenvalue weighted by Gasteiger charge is 2.60. The molecule has 1 unspecified atom stereocenters. The van der Waals surface area contributed by atoms with Gasteiger partial charge in [-0.25, -0.2) is 9.37 Å². The van der Waals surface area contributed by atoms with Crippen LogP contribution in [-0.2, 0) is 24.3 Å². The summed E-state index contributed by atoms with van der Waals surface area (Å²) in [6, 6.07) is 25.2. The molecule has 0 spiro atoms. The van der Waals surface area contributed by atoms with Crippen LogP contribution >= 0.6 is 11.6 Å². The molecule has 0 radical (unpaired) electrons. The first-order chi connectivity index (χ1) is 27.5. The summed E-state index contributed by atoms with van der Waals surface area (Å²) in [5.74, 6) is 0.956. The van der Waals surface area contributed by atoms with E-state index in [0.29, 0.717) is 22.8 Å². The number of carbonyl (C=O) groups excluding carboxylic acids is 1. The molecule has 4 atom stereocenters. The number of aromatic nitrogens is 4. The number of halogens is 2. The van der Waals surface area contributed by atoms with E-state index in [4.69, 9.17) is 35.0 Å². The molecule has 58 heavy (non-hydrogen) atoms. The summed E-state index contributed by atoms with van der Waals surface area (Å²) in [5.41, 5.74) is 0.211. The molecule has 1 aliphatic rings. The minimum absolute atomic E-state index is 0.0401. The number of methoxy groups -OCH3 is 2. The molecule has 0 bridgehead atoms. The summed E-state index contributed by atoms with van der Waals surface area (Å²) in [6.45, 7) is 13.8. The number of benzene rings is 3. The van der Waals surface area contributed by atoms with Crippen molar-refractivity contribution in [1.29, 1.82) is 0 Å². The maximum absolute atomic E-state index is 17.8. The zero-order valence-electron chi connectivity index (χ0n) is 34.8. The summed E-state index contributed by atoms with van der Waals surface area (Å²) in [6.07, 6.45) is -2.78. The highest BCUT2D eigenvalue weighted by atomic mass is 35.5. The molecule has 3 heterocycles. The SMILES string of the molecule is CNc1nc(NC(=O)C(C)C)nc2c1ncn2[C@@H]1OC(CCl)(COC(c2ccccc2)(c2ccc(OC)cc2)c2ccc(OC)cc2)[C@@H](O[Si](C)(C)C(C)(C)C)[C@@H]1F. The fourth-order valence-corrected chi connectivity index (χ4v) is 8.47. The number of carbonyl (C=O) groups is 1. The van der Waals surface area contributed by atoms with Crippen molar-refractivity contribution in [3.63, 3.8) is 0 Å². The van der Waals surface area contributed by atoms with Gasteiger partial charge in [-0.15, -0.1) is 11.6 Å². The van der Waals surface area contributed by atoms with E-state index >= 15 is 4.39 Å². The van der Waals surface area contributed by atoms with Gasteiger partial charge in [0.15, 0.2) is 37.7 Å². The van der Waals surface area contributed by atoms with Crippen LogP contribution in [-0.4, -0.2) is 85.4 Å². The Labute approximate surface area is 345 Å². The van der Waals surface area contributed by atoms with Gasteiger partial charge in [-0.3, -0.25) is 14.7 Å². The number of ether oxygens (including phenoxy) is 4. The molecule has 0 saturated carbocycles. The van der Waals surface area contributed by atoms with Crippen molar-refractivity contribution in [2.45, 2.75) is 82.5 Å². The Morgan fingerprint density at radius 3 is 2.02 bits per heavy atom. The average molecular weight is 833 g/mol. The van der Waals surface area contributed by atoms with Gasteiger partial charge in [0.25, 0.3) is 0 Å². The lowest BCUT2D eigenvalue weighted by Gasteiger charge is -2.44. The van der Waals surface area contributed by atoms with Crippen LogP contribution < -0.4 is 20.1 Å². The first-order valence-electron chi connectivity index (χ1n) is 19.3. The Kier molecular flexibility index (Phi) is 12.6. The van der Waals surface area contributed by atoms with Crippen molar-refractivity contribution in [3.8, 4) is 11.5 Å². The van der Waals surface area contributed by atoms with Crippen LogP contribution in [0.2, 0.25) is 18.1 Å². The molecule has 0 aliphatic carbocycles. The fourth-order valence-electron chi connectivity index (χ4n) is 6.84. The number of hydrogen-bond donors (Lipinski definition) is 2. The van der Waals surface area contributed by atoms with E-state index in [1.165, 1.54) is 10.9 Å². The largest absolute Gasteiger partial charge is 0.497 e. The van der Waals surface area contributed by atoms with Crippen LogP contribution in [0.15, 0.2) is 85.2 Å². The number of imidazole rings is 1. The molecule has 310 valence electrons. The van der Waals surface area contributed by atoms with E-state index in [2.05, 4.69) is 59.5 Å². The Hall–Kier alpha value is -4.60.